The van der Waals surface area contributed by atoms with Gasteiger partial charge < -0.3 is 15.2 Å². The number of anilines is 3. The summed E-state index contributed by atoms with van der Waals surface area (Å²) in [6, 6.07) is 3.70. The molecule has 2 aromatic rings. The third-order valence-electron chi connectivity index (χ3n) is 2.75. The molecule has 0 unspecified atom stereocenters. The first kappa shape index (κ1) is 14.3. The van der Waals surface area contributed by atoms with Crippen LogP contribution in [0.5, 0.6) is 0 Å². The lowest BCUT2D eigenvalue weighted by atomic mass is 10.1. The van der Waals surface area contributed by atoms with Gasteiger partial charge in [0.25, 0.3) is 0 Å². The third kappa shape index (κ3) is 4.22. The molecule has 0 aliphatic heterocycles. The molecule has 0 saturated carbocycles. The van der Waals surface area contributed by atoms with Crippen molar-refractivity contribution in [1.29, 1.82) is 0 Å². The van der Waals surface area contributed by atoms with Crippen molar-refractivity contribution >= 4 is 17.5 Å². The molecule has 0 aliphatic carbocycles. The van der Waals surface area contributed by atoms with Crippen LogP contribution in [-0.4, -0.2) is 21.7 Å². The standard InChI is InChI=1S/C14H21N5O/c1-9(2)5-6-15-12-8-13(17-11(4)16-12)18-14-7-10(3)20-19-14/h7-9H,5-6H2,1-4H3,(H2,15,16,17,18,19). The van der Waals surface area contributed by atoms with Crippen LogP contribution in [0.25, 0.3) is 0 Å². The van der Waals surface area contributed by atoms with Gasteiger partial charge >= 0.3 is 0 Å². The number of nitrogens with zero attached hydrogens (tertiary/aromatic N) is 3. The Balaban J connectivity index is 2.04. The van der Waals surface area contributed by atoms with E-state index in [1.54, 1.807) is 0 Å². The molecule has 0 aliphatic rings. The molecule has 20 heavy (non-hydrogen) atoms. The summed E-state index contributed by atoms with van der Waals surface area (Å²) in [5.74, 6) is 4.31. The summed E-state index contributed by atoms with van der Waals surface area (Å²) in [4.78, 5) is 8.71. The molecule has 0 atom stereocenters. The summed E-state index contributed by atoms with van der Waals surface area (Å²) in [6.45, 7) is 9.02. The predicted molar refractivity (Wildman–Crippen MR) is 79.2 cm³/mol. The first-order chi connectivity index (χ1) is 9.52. The molecule has 0 radical (unpaired) electrons. The molecule has 2 N–H and O–H groups in total. The monoisotopic (exact) mass is 275 g/mol. The molecular formula is C14H21N5O. The summed E-state index contributed by atoms with van der Waals surface area (Å²) in [5.41, 5.74) is 0. The molecule has 6 heteroatoms. The Kier molecular flexibility index (Phi) is 4.55. The van der Waals surface area contributed by atoms with Crippen LogP contribution in [0.3, 0.4) is 0 Å². The fraction of sp³-hybridized carbons (Fsp3) is 0.500. The Hall–Kier alpha value is -2.11. The van der Waals surface area contributed by atoms with Gasteiger partial charge in [0.2, 0.25) is 0 Å². The molecule has 2 heterocycles. The maximum Gasteiger partial charge on any atom is 0.175 e. The summed E-state index contributed by atoms with van der Waals surface area (Å²) < 4.78 is 5.02. The Morgan fingerprint density at radius 1 is 1.10 bits per heavy atom. The minimum Gasteiger partial charge on any atom is -0.370 e. The lowest BCUT2D eigenvalue weighted by Gasteiger charge is -2.10. The van der Waals surface area contributed by atoms with Gasteiger partial charge in [-0.2, -0.15) is 0 Å². The molecule has 0 amide bonds. The quantitative estimate of drug-likeness (QED) is 0.842. The highest BCUT2D eigenvalue weighted by atomic mass is 16.5. The third-order valence-corrected chi connectivity index (χ3v) is 2.75. The highest BCUT2D eigenvalue weighted by Crippen LogP contribution is 2.17. The molecule has 2 rings (SSSR count). The normalized spacial score (nSPS) is 10.8. The second kappa shape index (κ2) is 6.36. The second-order valence-corrected chi connectivity index (χ2v) is 5.24. The van der Waals surface area contributed by atoms with Crippen LogP contribution in [0.1, 0.15) is 31.9 Å². The zero-order valence-corrected chi connectivity index (χ0v) is 12.4. The zero-order chi connectivity index (χ0) is 14.5. The molecule has 108 valence electrons. The van der Waals surface area contributed by atoms with Crippen LogP contribution < -0.4 is 10.6 Å². The van der Waals surface area contributed by atoms with Gasteiger partial charge in [-0.25, -0.2) is 9.97 Å². The fourth-order valence-electron chi connectivity index (χ4n) is 1.77. The van der Waals surface area contributed by atoms with Crippen molar-refractivity contribution in [3.8, 4) is 0 Å². The van der Waals surface area contributed by atoms with Crippen LogP contribution in [-0.2, 0) is 0 Å². The van der Waals surface area contributed by atoms with Gasteiger partial charge in [-0.3, -0.25) is 0 Å². The van der Waals surface area contributed by atoms with E-state index in [0.717, 1.165) is 24.5 Å². The Labute approximate surface area is 119 Å². The summed E-state index contributed by atoms with van der Waals surface area (Å²) in [6.07, 6.45) is 1.11. The summed E-state index contributed by atoms with van der Waals surface area (Å²) in [7, 11) is 0. The van der Waals surface area contributed by atoms with Gasteiger partial charge in [0.1, 0.15) is 23.2 Å². The largest absolute Gasteiger partial charge is 0.370 e. The Morgan fingerprint density at radius 3 is 2.50 bits per heavy atom. The maximum absolute atomic E-state index is 5.02. The molecule has 2 aromatic heterocycles. The van der Waals surface area contributed by atoms with Crippen LogP contribution >= 0.6 is 0 Å². The van der Waals surface area contributed by atoms with E-state index < -0.39 is 0 Å². The van der Waals surface area contributed by atoms with Crippen molar-refractivity contribution in [2.45, 2.75) is 34.1 Å². The van der Waals surface area contributed by atoms with Gasteiger partial charge in [-0.15, -0.1) is 0 Å². The molecule has 0 bridgehead atoms. The number of rotatable bonds is 6. The predicted octanol–water partition coefficient (Wildman–Crippen LogP) is 3.28. The minimum atomic E-state index is 0.647. The first-order valence-corrected chi connectivity index (χ1v) is 6.83. The average molecular weight is 275 g/mol. The molecule has 6 nitrogen and oxygen atoms in total. The fourth-order valence-corrected chi connectivity index (χ4v) is 1.77. The van der Waals surface area contributed by atoms with Crippen molar-refractivity contribution in [1.82, 2.24) is 15.1 Å². The van der Waals surface area contributed by atoms with Gasteiger partial charge in [0, 0.05) is 18.7 Å². The van der Waals surface area contributed by atoms with Crippen LogP contribution in [0.2, 0.25) is 0 Å². The van der Waals surface area contributed by atoms with E-state index in [1.165, 1.54) is 0 Å². The van der Waals surface area contributed by atoms with E-state index in [-0.39, 0.29) is 0 Å². The van der Waals surface area contributed by atoms with Gasteiger partial charge in [0.05, 0.1) is 0 Å². The van der Waals surface area contributed by atoms with E-state index in [0.29, 0.717) is 23.4 Å². The van der Waals surface area contributed by atoms with Gasteiger partial charge in [-0.05, 0) is 26.2 Å². The highest BCUT2D eigenvalue weighted by Gasteiger charge is 2.05. The van der Waals surface area contributed by atoms with Crippen molar-refractivity contribution in [3.05, 3.63) is 23.7 Å². The summed E-state index contributed by atoms with van der Waals surface area (Å²) in [5, 5.41) is 10.3. The molecule has 0 saturated heterocycles. The van der Waals surface area contributed by atoms with Gasteiger partial charge in [-0.1, -0.05) is 19.0 Å². The van der Waals surface area contributed by atoms with Crippen molar-refractivity contribution in [2.75, 3.05) is 17.2 Å². The molecule has 0 spiro atoms. The van der Waals surface area contributed by atoms with Crippen molar-refractivity contribution < 1.29 is 4.52 Å². The SMILES string of the molecule is Cc1nc(NCCC(C)C)cc(Nc2cc(C)on2)n1. The van der Waals surface area contributed by atoms with E-state index in [2.05, 4.69) is 39.6 Å². The van der Waals surface area contributed by atoms with Gasteiger partial charge in [0.15, 0.2) is 5.82 Å². The summed E-state index contributed by atoms with van der Waals surface area (Å²) >= 11 is 0. The van der Waals surface area contributed by atoms with Crippen molar-refractivity contribution in [3.63, 3.8) is 0 Å². The lowest BCUT2D eigenvalue weighted by Crippen LogP contribution is -2.08. The van der Waals surface area contributed by atoms with E-state index in [9.17, 15) is 0 Å². The molecule has 0 aromatic carbocycles. The number of hydrogen-bond donors (Lipinski definition) is 2. The van der Waals surface area contributed by atoms with E-state index in [4.69, 9.17) is 4.52 Å². The topological polar surface area (TPSA) is 75.9 Å². The first-order valence-electron chi connectivity index (χ1n) is 6.83. The number of aryl methyl sites for hydroxylation is 2. The van der Waals surface area contributed by atoms with E-state index in [1.807, 2.05) is 26.0 Å². The average Bonchev–Trinajstić information content (AvgIpc) is 2.73. The van der Waals surface area contributed by atoms with Crippen molar-refractivity contribution in [2.24, 2.45) is 5.92 Å². The van der Waals surface area contributed by atoms with Crippen LogP contribution in [0.15, 0.2) is 16.7 Å². The number of aromatic nitrogens is 3. The van der Waals surface area contributed by atoms with E-state index >= 15 is 0 Å². The second-order valence-electron chi connectivity index (χ2n) is 5.24. The maximum atomic E-state index is 5.02. The zero-order valence-electron chi connectivity index (χ0n) is 12.4. The smallest absolute Gasteiger partial charge is 0.175 e. The molecule has 0 fully saturated rings. The Bertz CT molecular complexity index is 564. The minimum absolute atomic E-state index is 0.647. The van der Waals surface area contributed by atoms with Crippen LogP contribution in [0, 0.1) is 19.8 Å². The number of nitrogens with one attached hydrogen (secondary N) is 2. The highest BCUT2D eigenvalue weighted by molar-refractivity contribution is 5.55. The molecular weight excluding hydrogens is 254 g/mol. The lowest BCUT2D eigenvalue weighted by molar-refractivity contribution is 0.400. The number of hydrogen-bond acceptors (Lipinski definition) is 6. The Morgan fingerprint density at radius 2 is 1.85 bits per heavy atom. The van der Waals surface area contributed by atoms with Crippen LogP contribution in [0.4, 0.5) is 17.5 Å².